The molecule has 4 rings (SSSR count). The predicted octanol–water partition coefficient (Wildman–Crippen LogP) is 3.70. The van der Waals surface area contributed by atoms with E-state index >= 15 is 0 Å². The minimum absolute atomic E-state index is 0.198. The van der Waals surface area contributed by atoms with Crippen molar-refractivity contribution in [1.29, 1.82) is 0 Å². The Balaban J connectivity index is 1.82. The van der Waals surface area contributed by atoms with Crippen LogP contribution < -0.4 is 11.0 Å². The standard InChI is InChI=1S/C22H17N5O/c28-22-20(23-21(26-27-22)17-12-6-2-7-13-17)19(16-10-4-1-5-11-16)25-24-18-14-8-3-9-15-18/h1-15,24H,(H,27,28)/b25-19-. The van der Waals surface area contributed by atoms with E-state index in [0.29, 0.717) is 11.5 Å². The minimum Gasteiger partial charge on any atom is -0.278 e. The molecular weight excluding hydrogens is 350 g/mol. The monoisotopic (exact) mass is 367 g/mol. The Hall–Kier alpha value is -4.06. The van der Waals surface area contributed by atoms with E-state index in [0.717, 1.165) is 16.8 Å². The predicted molar refractivity (Wildman–Crippen MR) is 110 cm³/mol. The van der Waals surface area contributed by atoms with E-state index in [1.807, 2.05) is 91.0 Å². The Bertz CT molecular complexity index is 1140. The van der Waals surface area contributed by atoms with Gasteiger partial charge in [-0.1, -0.05) is 78.9 Å². The second kappa shape index (κ2) is 8.09. The van der Waals surface area contributed by atoms with Crippen molar-refractivity contribution in [2.24, 2.45) is 5.10 Å². The lowest BCUT2D eigenvalue weighted by atomic mass is 10.1. The molecule has 136 valence electrons. The second-order valence-corrected chi connectivity index (χ2v) is 6.01. The van der Waals surface area contributed by atoms with E-state index in [2.05, 4.69) is 25.7 Å². The van der Waals surface area contributed by atoms with E-state index in [9.17, 15) is 4.79 Å². The summed E-state index contributed by atoms with van der Waals surface area (Å²) in [7, 11) is 0. The summed E-state index contributed by atoms with van der Waals surface area (Å²) < 4.78 is 0. The summed E-state index contributed by atoms with van der Waals surface area (Å²) in [6.45, 7) is 0. The summed E-state index contributed by atoms with van der Waals surface area (Å²) in [5, 5.41) is 11.1. The Kier molecular flexibility index (Phi) is 5.02. The van der Waals surface area contributed by atoms with Gasteiger partial charge in [-0.05, 0) is 12.1 Å². The second-order valence-electron chi connectivity index (χ2n) is 6.01. The first kappa shape index (κ1) is 17.4. The van der Waals surface area contributed by atoms with Crippen molar-refractivity contribution in [2.45, 2.75) is 0 Å². The summed E-state index contributed by atoms with van der Waals surface area (Å²) in [6.07, 6.45) is 0. The van der Waals surface area contributed by atoms with Gasteiger partial charge in [-0.15, -0.1) is 0 Å². The molecule has 0 radical (unpaired) electrons. The Morgan fingerprint density at radius 2 is 1.43 bits per heavy atom. The fraction of sp³-hybridized carbons (Fsp3) is 0. The van der Waals surface area contributed by atoms with Crippen molar-refractivity contribution in [2.75, 3.05) is 5.43 Å². The Morgan fingerprint density at radius 1 is 0.821 bits per heavy atom. The Labute approximate surface area is 161 Å². The fourth-order valence-corrected chi connectivity index (χ4v) is 2.70. The third-order valence-corrected chi connectivity index (χ3v) is 4.07. The van der Waals surface area contributed by atoms with Gasteiger partial charge in [0.05, 0.1) is 5.69 Å². The quantitative estimate of drug-likeness (QED) is 0.416. The first-order valence-electron chi connectivity index (χ1n) is 8.78. The van der Waals surface area contributed by atoms with Gasteiger partial charge in [-0.25, -0.2) is 10.1 Å². The molecule has 0 saturated carbocycles. The molecule has 2 N–H and O–H groups in total. The van der Waals surface area contributed by atoms with Crippen LogP contribution in [0, 0.1) is 0 Å². The molecule has 6 heteroatoms. The lowest BCUT2D eigenvalue weighted by Gasteiger charge is -2.08. The molecular formula is C22H17N5O. The van der Waals surface area contributed by atoms with Crippen molar-refractivity contribution in [3.63, 3.8) is 0 Å². The highest BCUT2D eigenvalue weighted by atomic mass is 16.1. The third kappa shape index (κ3) is 3.86. The maximum absolute atomic E-state index is 12.5. The molecule has 4 aromatic rings. The van der Waals surface area contributed by atoms with Crippen LogP contribution in [0.3, 0.4) is 0 Å². The maximum Gasteiger partial charge on any atom is 0.292 e. The molecule has 1 heterocycles. The van der Waals surface area contributed by atoms with Gasteiger partial charge in [0, 0.05) is 11.1 Å². The first-order valence-corrected chi connectivity index (χ1v) is 8.78. The van der Waals surface area contributed by atoms with E-state index in [1.54, 1.807) is 0 Å². The number of aromatic nitrogens is 3. The molecule has 28 heavy (non-hydrogen) atoms. The van der Waals surface area contributed by atoms with Gasteiger partial charge in [-0.2, -0.15) is 10.2 Å². The molecule has 0 bridgehead atoms. The number of aromatic amines is 1. The van der Waals surface area contributed by atoms with E-state index in [1.165, 1.54) is 0 Å². The number of hydrogen-bond acceptors (Lipinski definition) is 5. The molecule has 0 spiro atoms. The average molecular weight is 367 g/mol. The van der Waals surface area contributed by atoms with Crippen molar-refractivity contribution in [1.82, 2.24) is 15.2 Å². The fourth-order valence-electron chi connectivity index (χ4n) is 2.70. The summed E-state index contributed by atoms with van der Waals surface area (Å²) >= 11 is 0. The minimum atomic E-state index is -0.405. The smallest absolute Gasteiger partial charge is 0.278 e. The van der Waals surface area contributed by atoms with Crippen molar-refractivity contribution in [3.05, 3.63) is 113 Å². The van der Waals surface area contributed by atoms with Gasteiger partial charge in [0.2, 0.25) is 0 Å². The van der Waals surface area contributed by atoms with Crippen LogP contribution in [0.5, 0.6) is 0 Å². The van der Waals surface area contributed by atoms with Crippen LogP contribution >= 0.6 is 0 Å². The van der Waals surface area contributed by atoms with Crippen LogP contribution in [-0.2, 0) is 0 Å². The molecule has 3 aromatic carbocycles. The molecule has 0 aliphatic rings. The van der Waals surface area contributed by atoms with Gasteiger partial charge >= 0.3 is 0 Å². The zero-order valence-corrected chi connectivity index (χ0v) is 14.9. The van der Waals surface area contributed by atoms with Gasteiger partial charge in [-0.3, -0.25) is 10.2 Å². The lowest BCUT2D eigenvalue weighted by Crippen LogP contribution is -2.24. The maximum atomic E-state index is 12.5. The number of hydrazone groups is 1. The molecule has 0 aliphatic heterocycles. The Morgan fingerprint density at radius 3 is 2.11 bits per heavy atom. The van der Waals surface area contributed by atoms with Crippen molar-refractivity contribution < 1.29 is 0 Å². The van der Waals surface area contributed by atoms with Gasteiger partial charge in [0.15, 0.2) is 11.5 Å². The SMILES string of the molecule is O=c1[nH]nc(-c2ccccc2)nc1/C(=N\Nc1ccccc1)c1ccccc1. The molecule has 0 aliphatic carbocycles. The van der Waals surface area contributed by atoms with Gasteiger partial charge < -0.3 is 0 Å². The van der Waals surface area contributed by atoms with E-state index in [4.69, 9.17) is 0 Å². The van der Waals surface area contributed by atoms with E-state index < -0.39 is 5.56 Å². The van der Waals surface area contributed by atoms with Crippen LogP contribution in [0.1, 0.15) is 11.3 Å². The number of H-pyrrole nitrogens is 1. The normalized spacial score (nSPS) is 11.2. The first-order chi connectivity index (χ1) is 13.8. The average Bonchev–Trinajstić information content (AvgIpc) is 2.77. The highest BCUT2D eigenvalue weighted by Crippen LogP contribution is 2.14. The lowest BCUT2D eigenvalue weighted by molar-refractivity contribution is 0.932. The third-order valence-electron chi connectivity index (χ3n) is 4.07. The van der Waals surface area contributed by atoms with Crippen molar-refractivity contribution >= 4 is 11.4 Å². The van der Waals surface area contributed by atoms with Gasteiger partial charge in [0.25, 0.3) is 5.56 Å². The van der Waals surface area contributed by atoms with E-state index in [-0.39, 0.29) is 5.69 Å². The molecule has 0 saturated heterocycles. The molecule has 0 fully saturated rings. The van der Waals surface area contributed by atoms with Crippen molar-refractivity contribution in [3.8, 4) is 11.4 Å². The molecule has 0 unspecified atom stereocenters. The highest BCUT2D eigenvalue weighted by Gasteiger charge is 2.16. The molecule has 0 atom stereocenters. The van der Waals surface area contributed by atoms with Crippen LogP contribution in [0.15, 0.2) is 101 Å². The summed E-state index contributed by atoms with van der Waals surface area (Å²) in [5.74, 6) is 0.429. The number of benzene rings is 3. The number of nitrogens with zero attached hydrogens (tertiary/aromatic N) is 3. The molecule has 1 aromatic heterocycles. The summed E-state index contributed by atoms with van der Waals surface area (Å²) in [6, 6.07) is 28.5. The molecule has 0 amide bonds. The zero-order chi connectivity index (χ0) is 19.2. The van der Waals surface area contributed by atoms with Gasteiger partial charge in [0.1, 0.15) is 5.71 Å². The van der Waals surface area contributed by atoms with Crippen LogP contribution in [0.4, 0.5) is 5.69 Å². The number of nitrogens with one attached hydrogen (secondary N) is 2. The topological polar surface area (TPSA) is 83.0 Å². The number of para-hydroxylation sites is 1. The van der Waals surface area contributed by atoms with Crippen LogP contribution in [-0.4, -0.2) is 20.9 Å². The molecule has 6 nitrogen and oxygen atoms in total. The number of hydrogen-bond donors (Lipinski definition) is 2. The number of rotatable bonds is 5. The van der Waals surface area contributed by atoms with Crippen LogP contribution in [0.25, 0.3) is 11.4 Å². The largest absolute Gasteiger partial charge is 0.292 e. The summed E-state index contributed by atoms with van der Waals surface area (Å²) in [4.78, 5) is 17.0. The number of anilines is 1. The highest BCUT2D eigenvalue weighted by molar-refractivity contribution is 6.11. The summed E-state index contributed by atoms with van der Waals surface area (Å²) in [5.41, 5.74) is 5.62. The zero-order valence-electron chi connectivity index (χ0n) is 14.9. The van der Waals surface area contributed by atoms with Crippen LogP contribution in [0.2, 0.25) is 0 Å².